The van der Waals surface area contributed by atoms with Gasteiger partial charge in [0, 0.05) is 5.75 Å². The molecule has 1 unspecified atom stereocenters. The molecule has 1 aromatic rings. The average molecular weight is 210 g/mol. The molecule has 78 valence electrons. The first-order valence-corrected chi connectivity index (χ1v) is 6.21. The lowest BCUT2D eigenvalue weighted by molar-refractivity contribution is 0.203. The predicted molar refractivity (Wildman–Crippen MR) is 64.0 cm³/mol. The van der Waals surface area contributed by atoms with Gasteiger partial charge in [0.15, 0.2) is 0 Å². The lowest BCUT2D eigenvalue weighted by Gasteiger charge is -2.15. The Labute approximate surface area is 90.5 Å². The molecule has 1 rings (SSSR count). The van der Waals surface area contributed by atoms with Gasteiger partial charge in [0.2, 0.25) is 0 Å². The molecule has 14 heavy (non-hydrogen) atoms. The third kappa shape index (κ3) is 2.31. The zero-order chi connectivity index (χ0) is 10.7. The number of thioether (sulfide) groups is 1. The largest absolute Gasteiger partial charge is 0.388 e. The Hall–Kier alpha value is -0.470. The summed E-state index contributed by atoms with van der Waals surface area (Å²) in [4.78, 5) is 0. The second-order valence-electron chi connectivity index (χ2n) is 3.69. The summed E-state index contributed by atoms with van der Waals surface area (Å²) < 4.78 is 0. The van der Waals surface area contributed by atoms with Crippen molar-refractivity contribution in [1.82, 2.24) is 0 Å². The normalized spacial score (nSPS) is 12.9. The molecule has 2 heteroatoms. The molecule has 0 aromatic heterocycles. The second-order valence-corrected chi connectivity index (χ2v) is 4.60. The highest BCUT2D eigenvalue weighted by molar-refractivity contribution is 7.98. The highest BCUT2D eigenvalue weighted by atomic mass is 32.2. The molecule has 0 amide bonds. The maximum Gasteiger partial charge on any atom is 0.0882 e. The van der Waals surface area contributed by atoms with Crippen LogP contribution in [0.4, 0.5) is 0 Å². The van der Waals surface area contributed by atoms with Crippen LogP contribution >= 0.6 is 11.8 Å². The first-order chi connectivity index (χ1) is 6.57. The van der Waals surface area contributed by atoms with Crippen LogP contribution in [0.5, 0.6) is 0 Å². The van der Waals surface area contributed by atoms with Gasteiger partial charge in [-0.05, 0) is 49.3 Å². The molecule has 0 aliphatic heterocycles. The Morgan fingerprint density at radius 2 is 1.86 bits per heavy atom. The van der Waals surface area contributed by atoms with Crippen LogP contribution in [0.1, 0.15) is 28.4 Å². The highest BCUT2D eigenvalue weighted by Crippen LogP contribution is 2.24. The maximum absolute atomic E-state index is 9.90. The first kappa shape index (κ1) is 11.6. The maximum atomic E-state index is 9.90. The van der Waals surface area contributed by atoms with Crippen LogP contribution in [0.15, 0.2) is 12.1 Å². The van der Waals surface area contributed by atoms with Gasteiger partial charge >= 0.3 is 0 Å². The molecule has 1 aromatic carbocycles. The molecule has 0 aliphatic carbocycles. The van der Waals surface area contributed by atoms with E-state index in [2.05, 4.69) is 26.8 Å². The molecule has 1 nitrogen and oxygen atoms in total. The molecule has 0 aliphatic rings. The third-order valence-electron chi connectivity index (χ3n) is 2.78. The number of benzene rings is 1. The van der Waals surface area contributed by atoms with Crippen LogP contribution in [-0.2, 0) is 0 Å². The van der Waals surface area contributed by atoms with E-state index < -0.39 is 0 Å². The molecule has 0 bridgehead atoms. The van der Waals surface area contributed by atoms with Gasteiger partial charge in [0.05, 0.1) is 6.10 Å². The van der Waals surface area contributed by atoms with E-state index in [1.54, 1.807) is 11.8 Å². The molecular formula is C12H18OS. The van der Waals surface area contributed by atoms with E-state index in [-0.39, 0.29) is 6.10 Å². The SMILES string of the molecule is CSCC(O)c1ccc(C)c(C)c1C. The Morgan fingerprint density at radius 3 is 2.43 bits per heavy atom. The minimum absolute atomic E-state index is 0.329. The highest BCUT2D eigenvalue weighted by Gasteiger charge is 2.11. The third-order valence-corrected chi connectivity index (χ3v) is 3.43. The molecular weight excluding hydrogens is 192 g/mol. The fourth-order valence-electron chi connectivity index (χ4n) is 1.59. The number of hydrogen-bond donors (Lipinski definition) is 1. The number of aryl methyl sites for hydroxylation is 1. The van der Waals surface area contributed by atoms with Gasteiger partial charge in [0.25, 0.3) is 0 Å². The van der Waals surface area contributed by atoms with Gasteiger partial charge in [-0.25, -0.2) is 0 Å². The lowest BCUT2D eigenvalue weighted by atomic mass is 9.96. The van der Waals surface area contributed by atoms with Crippen LogP contribution in [0.2, 0.25) is 0 Å². The van der Waals surface area contributed by atoms with Crippen LogP contribution in [0, 0.1) is 20.8 Å². The Kier molecular flexibility index (Phi) is 4.02. The summed E-state index contributed by atoms with van der Waals surface area (Å²) in [6, 6.07) is 4.12. The minimum atomic E-state index is -0.329. The van der Waals surface area contributed by atoms with Crippen molar-refractivity contribution in [3.05, 3.63) is 34.4 Å². The van der Waals surface area contributed by atoms with E-state index in [0.29, 0.717) is 0 Å². The van der Waals surface area contributed by atoms with E-state index >= 15 is 0 Å². The summed E-state index contributed by atoms with van der Waals surface area (Å²) in [6.45, 7) is 6.30. The zero-order valence-electron chi connectivity index (χ0n) is 9.29. The summed E-state index contributed by atoms with van der Waals surface area (Å²) in [5.74, 6) is 0.767. The number of aliphatic hydroxyl groups is 1. The van der Waals surface area contributed by atoms with Crippen molar-refractivity contribution in [2.24, 2.45) is 0 Å². The van der Waals surface area contributed by atoms with Crippen LogP contribution in [0.25, 0.3) is 0 Å². The fraction of sp³-hybridized carbons (Fsp3) is 0.500. The molecule has 0 spiro atoms. The van der Waals surface area contributed by atoms with E-state index in [0.717, 1.165) is 11.3 Å². The van der Waals surface area contributed by atoms with Crippen LogP contribution in [-0.4, -0.2) is 17.1 Å². The second kappa shape index (κ2) is 4.85. The van der Waals surface area contributed by atoms with Crippen LogP contribution < -0.4 is 0 Å². The molecule has 0 heterocycles. The topological polar surface area (TPSA) is 20.2 Å². The Morgan fingerprint density at radius 1 is 1.21 bits per heavy atom. The number of aliphatic hydroxyl groups excluding tert-OH is 1. The van der Waals surface area contributed by atoms with Crippen LogP contribution in [0.3, 0.4) is 0 Å². The monoisotopic (exact) mass is 210 g/mol. The van der Waals surface area contributed by atoms with Gasteiger partial charge in [-0.1, -0.05) is 12.1 Å². The fourth-order valence-corrected chi connectivity index (χ4v) is 2.08. The van der Waals surface area contributed by atoms with Crippen molar-refractivity contribution >= 4 is 11.8 Å². The average Bonchev–Trinajstić information content (AvgIpc) is 2.15. The van der Waals surface area contributed by atoms with E-state index in [9.17, 15) is 5.11 Å². The minimum Gasteiger partial charge on any atom is -0.388 e. The molecule has 0 saturated carbocycles. The van der Waals surface area contributed by atoms with E-state index in [1.165, 1.54) is 16.7 Å². The first-order valence-electron chi connectivity index (χ1n) is 4.81. The molecule has 0 radical (unpaired) electrons. The lowest BCUT2D eigenvalue weighted by Crippen LogP contribution is -2.04. The Balaban J connectivity index is 3.04. The smallest absolute Gasteiger partial charge is 0.0882 e. The summed E-state index contributed by atoms with van der Waals surface area (Å²) in [7, 11) is 0. The van der Waals surface area contributed by atoms with Gasteiger partial charge in [-0.2, -0.15) is 11.8 Å². The molecule has 0 saturated heterocycles. The standard InChI is InChI=1S/C12H18OS/c1-8-5-6-11(10(3)9(8)2)12(13)7-14-4/h5-6,12-13H,7H2,1-4H3. The molecule has 1 N–H and O–H groups in total. The van der Waals surface area contributed by atoms with Crippen molar-refractivity contribution in [3.8, 4) is 0 Å². The van der Waals surface area contributed by atoms with Crippen molar-refractivity contribution < 1.29 is 5.11 Å². The van der Waals surface area contributed by atoms with Crippen molar-refractivity contribution in [2.75, 3.05) is 12.0 Å². The van der Waals surface area contributed by atoms with Crippen molar-refractivity contribution in [1.29, 1.82) is 0 Å². The van der Waals surface area contributed by atoms with Gasteiger partial charge in [-0.15, -0.1) is 0 Å². The molecule has 0 fully saturated rings. The quantitative estimate of drug-likeness (QED) is 0.827. The van der Waals surface area contributed by atoms with Gasteiger partial charge < -0.3 is 5.11 Å². The van der Waals surface area contributed by atoms with Crippen molar-refractivity contribution in [3.63, 3.8) is 0 Å². The van der Waals surface area contributed by atoms with E-state index in [1.807, 2.05) is 12.3 Å². The summed E-state index contributed by atoms with van der Waals surface area (Å²) in [6.07, 6.45) is 1.68. The Bertz CT molecular complexity index is 320. The number of hydrogen-bond acceptors (Lipinski definition) is 2. The molecule has 1 atom stereocenters. The van der Waals surface area contributed by atoms with Crippen molar-refractivity contribution in [2.45, 2.75) is 26.9 Å². The summed E-state index contributed by atoms with van der Waals surface area (Å²) in [5.41, 5.74) is 4.89. The predicted octanol–water partition coefficient (Wildman–Crippen LogP) is 3.01. The van der Waals surface area contributed by atoms with Gasteiger partial charge in [-0.3, -0.25) is 0 Å². The van der Waals surface area contributed by atoms with E-state index in [4.69, 9.17) is 0 Å². The summed E-state index contributed by atoms with van der Waals surface area (Å²) >= 11 is 1.67. The number of rotatable bonds is 3. The van der Waals surface area contributed by atoms with Gasteiger partial charge in [0.1, 0.15) is 0 Å². The zero-order valence-corrected chi connectivity index (χ0v) is 10.1. The summed E-state index contributed by atoms with van der Waals surface area (Å²) in [5, 5.41) is 9.90.